The number of nitrogens with one attached hydrogen (secondary N) is 4. The molecule has 7 N–H and O–H groups in total. The fourth-order valence-corrected chi connectivity index (χ4v) is 3.49. The van der Waals surface area contributed by atoms with E-state index in [1.807, 2.05) is 0 Å². The van der Waals surface area contributed by atoms with Crippen LogP contribution in [0.1, 0.15) is 32.3 Å². The molecule has 0 spiro atoms. The Hall–Kier alpha value is -3.18. The first-order chi connectivity index (χ1) is 15.6. The number of amides is 3. The quantitative estimate of drug-likeness (QED) is 0.215. The molecule has 4 unspecified atom stereocenters. The summed E-state index contributed by atoms with van der Waals surface area (Å²) in [6.07, 6.45) is 1.43. The molecule has 182 valence electrons. The van der Waals surface area contributed by atoms with E-state index in [2.05, 4.69) is 21.3 Å². The van der Waals surface area contributed by atoms with E-state index in [0.717, 1.165) is 6.42 Å². The average Bonchev–Trinajstić information content (AvgIpc) is 3.31. The van der Waals surface area contributed by atoms with Crippen LogP contribution in [0.3, 0.4) is 0 Å². The van der Waals surface area contributed by atoms with Crippen molar-refractivity contribution in [2.75, 3.05) is 13.2 Å². The van der Waals surface area contributed by atoms with Crippen LogP contribution in [-0.4, -0.2) is 76.3 Å². The number of hydrogen-bond acceptors (Lipinski definition) is 7. The molecular formula is C22H32N4O7. The largest absolute Gasteiger partial charge is 0.508 e. The Morgan fingerprint density at radius 1 is 1.03 bits per heavy atom. The van der Waals surface area contributed by atoms with Gasteiger partial charge < -0.3 is 36.6 Å². The minimum atomic E-state index is -1.26. The molecule has 0 aromatic heterocycles. The van der Waals surface area contributed by atoms with Gasteiger partial charge in [0.05, 0.1) is 12.6 Å². The van der Waals surface area contributed by atoms with Crippen molar-refractivity contribution in [1.82, 2.24) is 21.3 Å². The van der Waals surface area contributed by atoms with Crippen molar-refractivity contribution < 1.29 is 34.5 Å². The molecule has 11 heteroatoms. The highest BCUT2D eigenvalue weighted by Crippen LogP contribution is 2.12. The molecule has 1 aromatic carbocycles. The number of benzene rings is 1. The van der Waals surface area contributed by atoms with Gasteiger partial charge in [0, 0.05) is 6.42 Å². The van der Waals surface area contributed by atoms with Gasteiger partial charge in [-0.25, -0.2) is 4.79 Å². The number of rotatable bonds is 11. The second-order valence-electron chi connectivity index (χ2n) is 8.39. The molecule has 0 radical (unpaired) electrons. The van der Waals surface area contributed by atoms with Gasteiger partial charge in [0.1, 0.15) is 23.9 Å². The predicted molar refractivity (Wildman–Crippen MR) is 118 cm³/mol. The van der Waals surface area contributed by atoms with Crippen LogP contribution >= 0.6 is 0 Å². The molecule has 0 saturated carbocycles. The number of aliphatic hydroxyl groups is 1. The molecule has 1 saturated heterocycles. The molecule has 11 nitrogen and oxygen atoms in total. The summed E-state index contributed by atoms with van der Waals surface area (Å²) in [6, 6.07) is 1.89. The van der Waals surface area contributed by atoms with Gasteiger partial charge in [-0.1, -0.05) is 26.0 Å². The van der Waals surface area contributed by atoms with Gasteiger partial charge in [0.15, 0.2) is 0 Å². The lowest BCUT2D eigenvalue weighted by Gasteiger charge is -2.26. The Morgan fingerprint density at radius 3 is 2.21 bits per heavy atom. The number of carboxylic acid groups (broad SMARTS) is 1. The average molecular weight is 465 g/mol. The van der Waals surface area contributed by atoms with Crippen LogP contribution in [0.2, 0.25) is 0 Å². The fourth-order valence-electron chi connectivity index (χ4n) is 3.49. The maximum absolute atomic E-state index is 12.8. The molecule has 1 heterocycles. The fraction of sp³-hybridized carbons (Fsp3) is 0.545. The number of carboxylic acids is 1. The molecule has 0 aliphatic carbocycles. The molecule has 1 aromatic rings. The van der Waals surface area contributed by atoms with Gasteiger partial charge in [-0.3, -0.25) is 14.4 Å². The molecule has 1 fully saturated rings. The summed E-state index contributed by atoms with van der Waals surface area (Å²) in [5.41, 5.74) is 0.592. The van der Waals surface area contributed by atoms with Gasteiger partial charge in [-0.05, 0) is 43.0 Å². The smallest absolute Gasteiger partial charge is 0.326 e. The zero-order valence-electron chi connectivity index (χ0n) is 18.7. The van der Waals surface area contributed by atoms with E-state index in [0.29, 0.717) is 18.5 Å². The molecule has 2 rings (SSSR count). The molecule has 33 heavy (non-hydrogen) atoms. The number of aliphatic carboxylic acids is 1. The van der Waals surface area contributed by atoms with Crippen molar-refractivity contribution in [3.05, 3.63) is 29.8 Å². The maximum atomic E-state index is 12.8. The molecule has 0 bridgehead atoms. The van der Waals surface area contributed by atoms with Crippen LogP contribution in [0.25, 0.3) is 0 Å². The van der Waals surface area contributed by atoms with Crippen LogP contribution < -0.4 is 21.3 Å². The van der Waals surface area contributed by atoms with Crippen LogP contribution in [0.15, 0.2) is 24.3 Å². The lowest BCUT2D eigenvalue weighted by Crippen LogP contribution is -2.59. The Bertz CT molecular complexity index is 838. The van der Waals surface area contributed by atoms with Crippen molar-refractivity contribution in [1.29, 1.82) is 0 Å². The number of hydrogen-bond donors (Lipinski definition) is 7. The third-order valence-electron chi connectivity index (χ3n) is 5.43. The zero-order chi connectivity index (χ0) is 24.5. The summed E-state index contributed by atoms with van der Waals surface area (Å²) < 4.78 is 0. The van der Waals surface area contributed by atoms with E-state index < -0.39 is 60.4 Å². The van der Waals surface area contributed by atoms with E-state index in [1.54, 1.807) is 26.0 Å². The van der Waals surface area contributed by atoms with E-state index in [-0.39, 0.29) is 12.2 Å². The number of phenolic OH excluding ortho intramolecular Hbond substituents is 1. The molecule has 3 amide bonds. The maximum Gasteiger partial charge on any atom is 0.326 e. The van der Waals surface area contributed by atoms with Gasteiger partial charge >= 0.3 is 5.97 Å². The number of aromatic hydroxyl groups is 1. The van der Waals surface area contributed by atoms with Crippen molar-refractivity contribution >= 4 is 23.7 Å². The Kier molecular flexibility index (Phi) is 9.61. The Morgan fingerprint density at radius 2 is 1.70 bits per heavy atom. The highest BCUT2D eigenvalue weighted by molar-refractivity contribution is 5.94. The number of carbonyl (C=O) groups is 4. The summed E-state index contributed by atoms with van der Waals surface area (Å²) in [5.74, 6) is -3.48. The van der Waals surface area contributed by atoms with E-state index in [9.17, 15) is 34.5 Å². The molecule has 1 aliphatic rings. The zero-order valence-corrected chi connectivity index (χ0v) is 18.7. The second-order valence-corrected chi connectivity index (χ2v) is 8.39. The van der Waals surface area contributed by atoms with Gasteiger partial charge in [0.2, 0.25) is 17.7 Å². The topological polar surface area (TPSA) is 177 Å². The minimum Gasteiger partial charge on any atom is -0.508 e. The van der Waals surface area contributed by atoms with Gasteiger partial charge in [-0.2, -0.15) is 0 Å². The summed E-state index contributed by atoms with van der Waals surface area (Å²) in [4.78, 5) is 49.4. The van der Waals surface area contributed by atoms with E-state index in [1.165, 1.54) is 12.1 Å². The second kappa shape index (κ2) is 12.2. The van der Waals surface area contributed by atoms with E-state index in [4.69, 9.17) is 0 Å². The molecule has 1 aliphatic heterocycles. The first-order valence-corrected chi connectivity index (χ1v) is 10.9. The van der Waals surface area contributed by atoms with Crippen LogP contribution in [0, 0.1) is 5.92 Å². The number of aliphatic hydroxyl groups excluding tert-OH is 1. The minimum absolute atomic E-state index is 0.0240. The lowest BCUT2D eigenvalue weighted by atomic mass is 10.0. The Balaban J connectivity index is 2.02. The SMILES string of the molecule is CC(C)C(NC(=O)C(CO)NC(=O)C1CCCN1)C(=O)NC(Cc1ccc(O)cc1)C(=O)O. The predicted octanol–water partition coefficient (Wildman–Crippen LogP) is -1.13. The van der Waals surface area contributed by atoms with Crippen molar-refractivity contribution in [2.45, 2.75) is 57.3 Å². The first-order valence-electron chi connectivity index (χ1n) is 10.9. The van der Waals surface area contributed by atoms with Crippen molar-refractivity contribution in [3.63, 3.8) is 0 Å². The number of phenols is 1. The molecular weight excluding hydrogens is 432 g/mol. The standard InChI is InChI=1S/C22H32N4O7/c1-12(2)18(26-20(30)17(11-27)25-19(29)15-4-3-9-23-15)21(31)24-16(22(32)33)10-13-5-7-14(28)8-6-13/h5-8,12,15-18,23,27-28H,3-4,9-11H2,1-2H3,(H,24,31)(H,25,29)(H,26,30)(H,32,33). The van der Waals surface area contributed by atoms with Crippen molar-refractivity contribution in [2.24, 2.45) is 5.92 Å². The summed E-state index contributed by atoms with van der Waals surface area (Å²) >= 11 is 0. The van der Waals surface area contributed by atoms with E-state index >= 15 is 0 Å². The lowest BCUT2D eigenvalue weighted by molar-refractivity contribution is -0.142. The van der Waals surface area contributed by atoms with Crippen LogP contribution in [0.4, 0.5) is 0 Å². The third-order valence-corrected chi connectivity index (χ3v) is 5.43. The monoisotopic (exact) mass is 464 g/mol. The first kappa shape index (κ1) is 26.1. The van der Waals surface area contributed by atoms with Gasteiger partial charge in [-0.15, -0.1) is 0 Å². The Labute approximate surface area is 191 Å². The van der Waals surface area contributed by atoms with Crippen molar-refractivity contribution in [3.8, 4) is 5.75 Å². The normalized spacial score (nSPS) is 18.2. The van der Waals surface area contributed by atoms with Gasteiger partial charge in [0.25, 0.3) is 0 Å². The highest BCUT2D eigenvalue weighted by atomic mass is 16.4. The number of carbonyl (C=O) groups excluding carboxylic acids is 3. The summed E-state index contributed by atoms with van der Waals surface area (Å²) in [5, 5.41) is 38.9. The summed E-state index contributed by atoms with van der Waals surface area (Å²) in [6.45, 7) is 3.39. The van der Waals surface area contributed by atoms with Crippen LogP contribution in [0.5, 0.6) is 5.75 Å². The third kappa shape index (κ3) is 7.72. The summed E-state index contributed by atoms with van der Waals surface area (Å²) in [7, 11) is 0. The molecule has 4 atom stereocenters. The van der Waals surface area contributed by atoms with Crippen LogP contribution in [-0.2, 0) is 25.6 Å². The highest BCUT2D eigenvalue weighted by Gasteiger charge is 2.32.